The Morgan fingerprint density at radius 1 is 1.69 bits per heavy atom. The Morgan fingerprint density at radius 2 is 2.46 bits per heavy atom. The zero-order valence-corrected chi connectivity index (χ0v) is 9.14. The third-order valence-corrected chi connectivity index (χ3v) is 2.59. The van der Waals surface area contributed by atoms with Crippen LogP contribution < -0.4 is 10.2 Å². The summed E-state index contributed by atoms with van der Waals surface area (Å²) in [5.41, 5.74) is 0. The van der Waals surface area contributed by atoms with E-state index in [9.17, 15) is 0 Å². The molecule has 1 unspecified atom stereocenters. The highest BCUT2D eigenvalue weighted by atomic mass is 32.1. The molecule has 0 fully saturated rings. The molecule has 1 rings (SSSR count). The van der Waals surface area contributed by atoms with E-state index < -0.39 is 0 Å². The monoisotopic (exact) mass is 200 g/mol. The van der Waals surface area contributed by atoms with Gasteiger partial charge in [-0.25, -0.2) is 4.98 Å². The van der Waals surface area contributed by atoms with E-state index in [0.29, 0.717) is 5.92 Å². The second kappa shape index (κ2) is 5.14. The second-order valence-electron chi connectivity index (χ2n) is 3.27. The van der Waals surface area contributed by atoms with E-state index in [1.807, 2.05) is 14.1 Å². The van der Waals surface area contributed by atoms with Crippen LogP contribution >= 0.6 is 11.5 Å². The standard InChI is InChI=1S/C8H16N4S/c1-7(4-9-2)5-12(3)8-10-6-11-13-8/h6-7,9H,4-5H2,1-3H3. The van der Waals surface area contributed by atoms with E-state index in [0.717, 1.165) is 18.2 Å². The van der Waals surface area contributed by atoms with Crippen molar-refractivity contribution in [2.75, 3.05) is 32.1 Å². The summed E-state index contributed by atoms with van der Waals surface area (Å²) in [6, 6.07) is 0. The van der Waals surface area contributed by atoms with E-state index in [4.69, 9.17) is 0 Å². The highest BCUT2D eigenvalue weighted by Gasteiger charge is 2.08. The van der Waals surface area contributed by atoms with Crippen LogP contribution in [0.15, 0.2) is 6.33 Å². The van der Waals surface area contributed by atoms with Gasteiger partial charge in [0, 0.05) is 25.1 Å². The van der Waals surface area contributed by atoms with Crippen molar-refractivity contribution in [3.63, 3.8) is 0 Å². The molecule has 0 bridgehead atoms. The zero-order valence-electron chi connectivity index (χ0n) is 8.32. The fraction of sp³-hybridized carbons (Fsp3) is 0.750. The summed E-state index contributed by atoms with van der Waals surface area (Å²) in [7, 11) is 4.02. The van der Waals surface area contributed by atoms with E-state index >= 15 is 0 Å². The Balaban J connectivity index is 2.37. The SMILES string of the molecule is CNCC(C)CN(C)c1ncns1. The number of hydrogen-bond acceptors (Lipinski definition) is 5. The van der Waals surface area contributed by atoms with Gasteiger partial charge in [-0.2, -0.15) is 4.37 Å². The first kappa shape index (κ1) is 10.4. The van der Waals surface area contributed by atoms with Gasteiger partial charge in [-0.3, -0.25) is 0 Å². The molecule has 0 saturated carbocycles. The van der Waals surface area contributed by atoms with Crippen LogP contribution in [0.5, 0.6) is 0 Å². The number of anilines is 1. The van der Waals surface area contributed by atoms with Gasteiger partial charge in [-0.15, -0.1) is 0 Å². The summed E-state index contributed by atoms with van der Waals surface area (Å²) in [6.07, 6.45) is 1.60. The van der Waals surface area contributed by atoms with Crippen LogP contribution in [0.3, 0.4) is 0 Å². The lowest BCUT2D eigenvalue weighted by Gasteiger charge is -2.19. The van der Waals surface area contributed by atoms with Gasteiger partial charge in [0.05, 0.1) is 0 Å². The maximum Gasteiger partial charge on any atom is 0.204 e. The van der Waals surface area contributed by atoms with E-state index in [2.05, 4.69) is 26.5 Å². The summed E-state index contributed by atoms with van der Waals surface area (Å²) < 4.78 is 3.97. The molecule has 1 heterocycles. The Hall–Kier alpha value is -0.680. The molecule has 1 N–H and O–H groups in total. The van der Waals surface area contributed by atoms with Gasteiger partial charge in [0.1, 0.15) is 6.33 Å². The van der Waals surface area contributed by atoms with Crippen molar-refractivity contribution in [3.8, 4) is 0 Å². The Bertz CT molecular complexity index is 224. The van der Waals surface area contributed by atoms with Crippen molar-refractivity contribution in [2.24, 2.45) is 5.92 Å². The Kier molecular flexibility index (Phi) is 4.11. The van der Waals surface area contributed by atoms with Gasteiger partial charge >= 0.3 is 0 Å². The fourth-order valence-electron chi connectivity index (χ4n) is 1.29. The molecular formula is C8H16N4S. The molecule has 1 atom stereocenters. The molecule has 0 saturated heterocycles. The summed E-state index contributed by atoms with van der Waals surface area (Å²) in [5, 5.41) is 4.15. The Labute approximate surface area is 83.2 Å². The molecule has 4 nitrogen and oxygen atoms in total. The molecular weight excluding hydrogens is 184 g/mol. The number of nitrogens with zero attached hydrogens (tertiary/aromatic N) is 3. The minimum atomic E-state index is 0.624. The molecule has 0 radical (unpaired) electrons. The van der Waals surface area contributed by atoms with Crippen LogP contribution in [0.25, 0.3) is 0 Å². The topological polar surface area (TPSA) is 41.0 Å². The quantitative estimate of drug-likeness (QED) is 0.764. The number of nitrogens with one attached hydrogen (secondary N) is 1. The van der Waals surface area contributed by atoms with Gasteiger partial charge in [0.2, 0.25) is 5.13 Å². The molecule has 0 aliphatic rings. The van der Waals surface area contributed by atoms with Crippen LogP contribution in [0.4, 0.5) is 5.13 Å². The lowest BCUT2D eigenvalue weighted by atomic mass is 10.2. The molecule has 1 aromatic heterocycles. The lowest BCUT2D eigenvalue weighted by molar-refractivity contribution is 0.542. The van der Waals surface area contributed by atoms with Crippen molar-refractivity contribution in [2.45, 2.75) is 6.92 Å². The molecule has 0 spiro atoms. The average molecular weight is 200 g/mol. The van der Waals surface area contributed by atoms with E-state index in [-0.39, 0.29) is 0 Å². The van der Waals surface area contributed by atoms with Gasteiger partial charge in [-0.05, 0) is 19.5 Å². The van der Waals surface area contributed by atoms with Crippen molar-refractivity contribution in [3.05, 3.63) is 6.33 Å². The predicted molar refractivity (Wildman–Crippen MR) is 56.3 cm³/mol. The number of rotatable bonds is 5. The van der Waals surface area contributed by atoms with E-state index in [1.54, 1.807) is 6.33 Å². The lowest BCUT2D eigenvalue weighted by Crippen LogP contribution is -2.29. The normalized spacial score (nSPS) is 12.8. The Morgan fingerprint density at radius 3 is 3.00 bits per heavy atom. The molecule has 1 aromatic rings. The third kappa shape index (κ3) is 3.28. The third-order valence-electron chi connectivity index (χ3n) is 1.81. The number of aromatic nitrogens is 2. The van der Waals surface area contributed by atoms with Crippen LogP contribution in [0, 0.1) is 5.92 Å². The van der Waals surface area contributed by atoms with E-state index in [1.165, 1.54) is 11.5 Å². The van der Waals surface area contributed by atoms with Gasteiger partial charge < -0.3 is 10.2 Å². The highest BCUT2D eigenvalue weighted by molar-refractivity contribution is 7.09. The van der Waals surface area contributed by atoms with Crippen molar-refractivity contribution < 1.29 is 0 Å². The molecule has 13 heavy (non-hydrogen) atoms. The smallest absolute Gasteiger partial charge is 0.204 e. The number of hydrogen-bond donors (Lipinski definition) is 1. The zero-order chi connectivity index (χ0) is 9.68. The minimum Gasteiger partial charge on any atom is -0.350 e. The molecule has 0 aliphatic carbocycles. The largest absolute Gasteiger partial charge is 0.350 e. The second-order valence-corrected chi connectivity index (χ2v) is 4.03. The van der Waals surface area contributed by atoms with Crippen molar-refractivity contribution in [1.82, 2.24) is 14.7 Å². The minimum absolute atomic E-state index is 0.624. The fourth-order valence-corrected chi connectivity index (χ4v) is 1.79. The van der Waals surface area contributed by atoms with Gasteiger partial charge in [0.15, 0.2) is 0 Å². The first-order valence-electron chi connectivity index (χ1n) is 4.36. The average Bonchev–Trinajstić information content (AvgIpc) is 2.55. The van der Waals surface area contributed by atoms with Gasteiger partial charge in [0.25, 0.3) is 0 Å². The van der Waals surface area contributed by atoms with Gasteiger partial charge in [-0.1, -0.05) is 6.92 Å². The van der Waals surface area contributed by atoms with Crippen LogP contribution in [0.2, 0.25) is 0 Å². The maximum absolute atomic E-state index is 4.14. The molecule has 5 heteroatoms. The first-order valence-corrected chi connectivity index (χ1v) is 5.13. The maximum atomic E-state index is 4.14. The summed E-state index contributed by atoms with van der Waals surface area (Å²) in [4.78, 5) is 6.28. The summed E-state index contributed by atoms with van der Waals surface area (Å²) in [6.45, 7) is 4.26. The van der Waals surface area contributed by atoms with Crippen molar-refractivity contribution >= 4 is 16.7 Å². The molecule has 0 amide bonds. The summed E-state index contributed by atoms with van der Waals surface area (Å²) in [5.74, 6) is 0.624. The summed E-state index contributed by atoms with van der Waals surface area (Å²) >= 11 is 1.44. The van der Waals surface area contributed by atoms with Crippen molar-refractivity contribution in [1.29, 1.82) is 0 Å². The van der Waals surface area contributed by atoms with Crippen LogP contribution in [-0.2, 0) is 0 Å². The van der Waals surface area contributed by atoms with Crippen LogP contribution in [0.1, 0.15) is 6.92 Å². The predicted octanol–water partition coefficient (Wildman–Crippen LogP) is 0.830. The molecule has 74 valence electrons. The molecule has 0 aromatic carbocycles. The highest BCUT2D eigenvalue weighted by Crippen LogP contribution is 2.13. The first-order chi connectivity index (χ1) is 6.24. The van der Waals surface area contributed by atoms with Crippen LogP contribution in [-0.4, -0.2) is 36.5 Å². The molecule has 0 aliphatic heterocycles.